The minimum atomic E-state index is -3.60. The van der Waals surface area contributed by atoms with Gasteiger partial charge in [-0.1, -0.05) is 12.1 Å². The van der Waals surface area contributed by atoms with Crippen molar-refractivity contribution in [1.29, 1.82) is 0 Å². The van der Waals surface area contributed by atoms with Crippen LogP contribution in [-0.2, 0) is 21.9 Å². The predicted molar refractivity (Wildman–Crippen MR) is 111 cm³/mol. The number of aromatic nitrogens is 2. The molecule has 4 rings (SSSR count). The molecule has 156 valence electrons. The van der Waals surface area contributed by atoms with Crippen molar-refractivity contribution in [2.45, 2.75) is 6.04 Å². The molecule has 2 aromatic rings. The fourth-order valence-corrected chi connectivity index (χ4v) is 4.36. The lowest BCUT2D eigenvalue weighted by Gasteiger charge is -2.29. The largest absolute Gasteiger partial charge is 0.497 e. The molecule has 2 aliphatic heterocycles. The Kier molecular flexibility index (Phi) is 5.17. The number of sulfonamides is 1. The molecule has 1 N–H and O–H groups in total. The zero-order valence-electron chi connectivity index (χ0n) is 16.5. The second-order valence-corrected chi connectivity index (χ2v) is 8.65. The van der Waals surface area contributed by atoms with Crippen molar-refractivity contribution in [2.75, 3.05) is 19.4 Å². The van der Waals surface area contributed by atoms with Gasteiger partial charge in [-0.2, -0.15) is 0 Å². The maximum Gasteiger partial charge on any atom is 0.256 e. The summed E-state index contributed by atoms with van der Waals surface area (Å²) in [4.78, 5) is 19.3. The van der Waals surface area contributed by atoms with Crippen molar-refractivity contribution in [1.82, 2.24) is 19.8 Å². The van der Waals surface area contributed by atoms with Crippen molar-refractivity contribution in [3.05, 3.63) is 72.0 Å². The number of methoxy groups -OCH3 is 1. The van der Waals surface area contributed by atoms with Crippen LogP contribution in [0, 0.1) is 0 Å². The predicted octanol–water partition coefficient (Wildman–Crippen LogP) is 1.13. The molecule has 0 saturated heterocycles. The maximum atomic E-state index is 13.2. The molecule has 1 amide bonds. The van der Waals surface area contributed by atoms with Gasteiger partial charge in [0.25, 0.3) is 15.9 Å². The summed E-state index contributed by atoms with van der Waals surface area (Å²) in [5.74, 6) is 0.866. The minimum absolute atomic E-state index is 0.0879. The number of hydrogen-bond acceptors (Lipinski definition) is 6. The lowest BCUT2D eigenvalue weighted by molar-refractivity contribution is -0.117. The SMILES string of the molecule is COc1cccc([C@H](NC(=O)C2=CC=CN3CCS(=O)(=O)N=C23)c2nccn2C)c1. The summed E-state index contributed by atoms with van der Waals surface area (Å²) in [5, 5.41) is 2.98. The van der Waals surface area contributed by atoms with Crippen LogP contribution in [-0.4, -0.2) is 54.0 Å². The zero-order valence-corrected chi connectivity index (χ0v) is 17.3. The first-order valence-electron chi connectivity index (χ1n) is 9.28. The molecule has 9 nitrogen and oxygen atoms in total. The van der Waals surface area contributed by atoms with E-state index in [0.717, 1.165) is 5.56 Å². The lowest BCUT2D eigenvalue weighted by atomic mass is 10.0. The molecule has 0 spiro atoms. The molecule has 3 heterocycles. The molecular weight excluding hydrogens is 406 g/mol. The first kappa shape index (κ1) is 19.9. The number of carbonyl (C=O) groups is 1. The third kappa shape index (κ3) is 3.86. The molecular formula is C20H21N5O4S. The molecule has 0 aliphatic carbocycles. The monoisotopic (exact) mass is 427 g/mol. The highest BCUT2D eigenvalue weighted by Crippen LogP contribution is 2.25. The van der Waals surface area contributed by atoms with Crippen molar-refractivity contribution in [3.63, 3.8) is 0 Å². The fraction of sp³-hybridized carbons (Fsp3) is 0.250. The van der Waals surface area contributed by atoms with Crippen molar-refractivity contribution >= 4 is 21.8 Å². The van der Waals surface area contributed by atoms with Crippen molar-refractivity contribution in [2.24, 2.45) is 11.4 Å². The third-order valence-electron chi connectivity index (χ3n) is 4.92. The standard InChI is InChI=1S/C20H21N5O4S/c1-24-10-8-21-19(24)17(14-5-3-6-15(13-14)29-2)22-20(26)16-7-4-9-25-11-12-30(27,28)23-18(16)25/h3-10,13,17H,11-12H2,1-2H3,(H,22,26)/t17-/m0/s1. The van der Waals surface area contributed by atoms with Crippen LogP contribution in [0.5, 0.6) is 5.75 Å². The van der Waals surface area contributed by atoms with Crippen LogP contribution in [0.25, 0.3) is 0 Å². The topological polar surface area (TPSA) is 106 Å². The van der Waals surface area contributed by atoms with E-state index < -0.39 is 22.0 Å². The molecule has 0 radical (unpaired) electrons. The summed E-state index contributed by atoms with van der Waals surface area (Å²) in [6, 6.07) is 6.76. The highest BCUT2D eigenvalue weighted by molar-refractivity contribution is 7.90. The van der Waals surface area contributed by atoms with Gasteiger partial charge >= 0.3 is 0 Å². The number of fused-ring (bicyclic) bond motifs is 1. The Morgan fingerprint density at radius 1 is 1.33 bits per heavy atom. The number of hydrogen-bond donors (Lipinski definition) is 1. The Morgan fingerprint density at radius 2 is 2.17 bits per heavy atom. The second kappa shape index (κ2) is 7.79. The summed E-state index contributed by atoms with van der Waals surface area (Å²) in [6.45, 7) is 0.251. The van der Waals surface area contributed by atoms with Crippen molar-refractivity contribution < 1.29 is 17.9 Å². The number of ether oxygens (including phenoxy) is 1. The summed E-state index contributed by atoms with van der Waals surface area (Å²) >= 11 is 0. The van der Waals surface area contributed by atoms with Gasteiger partial charge in [0, 0.05) is 32.2 Å². The van der Waals surface area contributed by atoms with E-state index in [0.29, 0.717) is 11.6 Å². The Labute approximate surface area is 174 Å². The van der Waals surface area contributed by atoms with Crippen LogP contribution in [0.15, 0.2) is 65.0 Å². The number of imidazole rings is 1. The normalized spacial score (nSPS) is 18.1. The summed E-state index contributed by atoms with van der Waals surface area (Å²) in [6.07, 6.45) is 8.41. The van der Waals surface area contributed by atoms with Crippen LogP contribution in [0.3, 0.4) is 0 Å². The van der Waals surface area contributed by atoms with Gasteiger partial charge in [-0.05, 0) is 29.8 Å². The number of nitrogens with one attached hydrogen (secondary N) is 1. The van der Waals surface area contributed by atoms with Gasteiger partial charge < -0.3 is 19.5 Å². The molecule has 0 bridgehead atoms. The number of nitrogens with zero attached hydrogens (tertiary/aromatic N) is 4. The second-order valence-electron chi connectivity index (χ2n) is 6.90. The zero-order chi connectivity index (χ0) is 21.3. The summed E-state index contributed by atoms with van der Waals surface area (Å²) in [5.41, 5.74) is 0.960. The average molecular weight is 427 g/mol. The molecule has 2 aliphatic rings. The Morgan fingerprint density at radius 3 is 2.90 bits per heavy atom. The first-order valence-corrected chi connectivity index (χ1v) is 10.9. The number of allylic oxidation sites excluding steroid dienone is 2. The van der Waals surface area contributed by atoms with E-state index in [2.05, 4.69) is 14.7 Å². The van der Waals surface area contributed by atoms with Crippen LogP contribution in [0.4, 0.5) is 0 Å². The average Bonchev–Trinajstić information content (AvgIpc) is 3.16. The lowest BCUT2D eigenvalue weighted by Crippen LogP contribution is -2.43. The van der Waals surface area contributed by atoms with Gasteiger partial charge in [0.1, 0.15) is 17.6 Å². The van der Waals surface area contributed by atoms with E-state index in [1.807, 2.05) is 35.9 Å². The van der Waals surface area contributed by atoms with E-state index in [-0.39, 0.29) is 23.7 Å². The van der Waals surface area contributed by atoms with Crippen LogP contribution >= 0.6 is 0 Å². The Hall–Kier alpha value is -3.40. The van der Waals surface area contributed by atoms with Gasteiger partial charge in [-0.3, -0.25) is 4.79 Å². The number of carbonyl (C=O) groups excluding carboxylic acids is 1. The van der Waals surface area contributed by atoms with E-state index in [1.54, 1.807) is 42.8 Å². The first-order chi connectivity index (χ1) is 14.4. The number of aryl methyl sites for hydroxylation is 1. The van der Waals surface area contributed by atoms with Gasteiger partial charge in [0.05, 0.1) is 18.4 Å². The van der Waals surface area contributed by atoms with Crippen molar-refractivity contribution in [3.8, 4) is 5.75 Å². The van der Waals surface area contributed by atoms with Gasteiger partial charge in [0.2, 0.25) is 0 Å². The molecule has 1 aromatic heterocycles. The Balaban J connectivity index is 1.70. The molecule has 0 fully saturated rings. The molecule has 30 heavy (non-hydrogen) atoms. The quantitative estimate of drug-likeness (QED) is 0.767. The number of amidine groups is 1. The third-order valence-corrected chi connectivity index (χ3v) is 6.07. The van der Waals surface area contributed by atoms with E-state index in [9.17, 15) is 13.2 Å². The highest BCUT2D eigenvalue weighted by Gasteiger charge is 2.31. The number of rotatable bonds is 5. The van der Waals surface area contributed by atoms with Crippen LogP contribution in [0.2, 0.25) is 0 Å². The molecule has 1 atom stereocenters. The fourth-order valence-electron chi connectivity index (χ4n) is 3.38. The van der Waals surface area contributed by atoms with Crippen LogP contribution < -0.4 is 10.1 Å². The summed E-state index contributed by atoms with van der Waals surface area (Å²) in [7, 11) is -0.191. The van der Waals surface area contributed by atoms with E-state index in [1.165, 1.54) is 0 Å². The molecule has 0 unspecified atom stereocenters. The smallest absolute Gasteiger partial charge is 0.256 e. The number of benzene rings is 1. The number of amides is 1. The maximum absolute atomic E-state index is 13.2. The van der Waals surface area contributed by atoms with Gasteiger partial charge in [-0.15, -0.1) is 4.40 Å². The summed E-state index contributed by atoms with van der Waals surface area (Å²) < 4.78 is 34.9. The molecule has 0 saturated carbocycles. The van der Waals surface area contributed by atoms with Gasteiger partial charge in [-0.25, -0.2) is 13.4 Å². The molecule has 10 heteroatoms. The van der Waals surface area contributed by atoms with Crippen LogP contribution in [0.1, 0.15) is 17.4 Å². The Bertz CT molecular complexity index is 1180. The van der Waals surface area contributed by atoms with E-state index in [4.69, 9.17) is 4.74 Å². The van der Waals surface area contributed by atoms with E-state index >= 15 is 0 Å². The highest BCUT2D eigenvalue weighted by atomic mass is 32.2. The molecule has 1 aromatic carbocycles. The van der Waals surface area contributed by atoms with Gasteiger partial charge in [0.15, 0.2) is 5.84 Å². The minimum Gasteiger partial charge on any atom is -0.497 e.